The number of carbonyl (C=O) groups is 1. The maximum atomic E-state index is 12.0. The molecule has 1 spiro atoms. The molecule has 0 N–H and O–H groups in total. The predicted molar refractivity (Wildman–Crippen MR) is 78.3 cm³/mol. The number of hydrogen-bond donors (Lipinski definition) is 0. The Kier molecular flexibility index (Phi) is 4.16. The Bertz CT molecular complexity index is 456. The second kappa shape index (κ2) is 5.54. The molecule has 1 saturated carbocycles. The molecule has 5 nitrogen and oxygen atoms in total. The van der Waals surface area contributed by atoms with Gasteiger partial charge in [-0.25, -0.2) is 9.98 Å². The molecule has 1 aliphatic heterocycles. The van der Waals surface area contributed by atoms with Crippen molar-refractivity contribution < 1.29 is 14.3 Å². The zero-order valence-electron chi connectivity index (χ0n) is 13.0. The second-order valence-electron chi connectivity index (χ2n) is 6.24. The minimum Gasteiger partial charge on any atom is -0.483 e. The smallest absolute Gasteiger partial charge is 0.213 e. The molecule has 1 aliphatic carbocycles. The number of aliphatic imine (C=N–C) groups is 2. The van der Waals surface area contributed by atoms with Gasteiger partial charge in [-0.15, -0.1) is 0 Å². The summed E-state index contributed by atoms with van der Waals surface area (Å²) >= 11 is 0. The number of nitrogens with zero attached hydrogens (tertiary/aromatic N) is 2. The van der Waals surface area contributed by atoms with E-state index in [4.69, 9.17) is 14.5 Å². The van der Waals surface area contributed by atoms with Gasteiger partial charge in [0.05, 0.1) is 14.2 Å². The fraction of sp³-hybridized carbons (Fsp3) is 0.800. The quantitative estimate of drug-likeness (QED) is 0.740. The fourth-order valence-corrected chi connectivity index (χ4v) is 3.23. The molecule has 5 heteroatoms. The summed E-state index contributed by atoms with van der Waals surface area (Å²) in [6.45, 7) is 6.22. The van der Waals surface area contributed by atoms with E-state index in [0.29, 0.717) is 24.6 Å². The first-order valence-corrected chi connectivity index (χ1v) is 7.19. The van der Waals surface area contributed by atoms with Gasteiger partial charge in [0.2, 0.25) is 11.8 Å². The lowest BCUT2D eigenvalue weighted by molar-refractivity contribution is -0.122. The zero-order chi connectivity index (χ0) is 14.9. The summed E-state index contributed by atoms with van der Waals surface area (Å²) in [7, 11) is 3.22. The molecule has 3 atom stereocenters. The van der Waals surface area contributed by atoms with Crippen LogP contribution in [-0.4, -0.2) is 43.4 Å². The van der Waals surface area contributed by atoms with E-state index in [2.05, 4.69) is 25.8 Å². The van der Waals surface area contributed by atoms with Crippen LogP contribution >= 0.6 is 0 Å². The SMILES string of the molecule is COC1=N[C@@]2(CC(=O)C[C@H](C)C2)C(OC)=N[C@@H]1C(C)C. The third-order valence-corrected chi connectivity index (χ3v) is 4.02. The Labute approximate surface area is 120 Å². The highest BCUT2D eigenvalue weighted by Gasteiger charge is 2.48. The zero-order valence-corrected chi connectivity index (χ0v) is 13.0. The number of ether oxygens (including phenoxy) is 2. The van der Waals surface area contributed by atoms with E-state index in [1.165, 1.54) is 0 Å². The summed E-state index contributed by atoms with van der Waals surface area (Å²) in [6, 6.07) is -0.132. The lowest BCUT2D eigenvalue weighted by Crippen LogP contribution is -2.50. The summed E-state index contributed by atoms with van der Waals surface area (Å²) in [5.74, 6) is 1.97. The molecule has 0 aromatic heterocycles. The van der Waals surface area contributed by atoms with Gasteiger partial charge in [0.25, 0.3) is 0 Å². The Balaban J connectivity index is 2.43. The average Bonchev–Trinajstić information content (AvgIpc) is 2.36. The van der Waals surface area contributed by atoms with Crippen molar-refractivity contribution in [3.8, 4) is 0 Å². The standard InChI is InChI=1S/C15H24N2O3/c1-9(2)12-13(19-4)17-15(14(16-12)20-5)7-10(3)6-11(18)8-15/h9-10,12H,6-8H2,1-5H3/t10-,12+,15-/m0/s1. The van der Waals surface area contributed by atoms with Gasteiger partial charge in [-0.2, -0.15) is 0 Å². The molecule has 20 heavy (non-hydrogen) atoms. The maximum Gasteiger partial charge on any atom is 0.213 e. The second-order valence-corrected chi connectivity index (χ2v) is 6.24. The van der Waals surface area contributed by atoms with Gasteiger partial charge >= 0.3 is 0 Å². The number of methoxy groups -OCH3 is 2. The van der Waals surface area contributed by atoms with Crippen LogP contribution in [0.2, 0.25) is 0 Å². The van der Waals surface area contributed by atoms with E-state index >= 15 is 0 Å². The van der Waals surface area contributed by atoms with Gasteiger partial charge in [0, 0.05) is 12.8 Å². The molecular formula is C15H24N2O3. The van der Waals surface area contributed by atoms with Crippen molar-refractivity contribution in [1.82, 2.24) is 0 Å². The van der Waals surface area contributed by atoms with Crippen molar-refractivity contribution >= 4 is 17.6 Å². The molecule has 112 valence electrons. The minimum absolute atomic E-state index is 0.132. The largest absolute Gasteiger partial charge is 0.483 e. The molecule has 0 aromatic carbocycles. The number of rotatable bonds is 1. The highest BCUT2D eigenvalue weighted by molar-refractivity contribution is 6.00. The summed E-state index contributed by atoms with van der Waals surface area (Å²) in [5, 5.41) is 0. The molecule has 0 saturated heterocycles. The van der Waals surface area contributed by atoms with Gasteiger partial charge in [-0.3, -0.25) is 4.79 Å². The summed E-state index contributed by atoms with van der Waals surface area (Å²) in [6.07, 6.45) is 1.76. The van der Waals surface area contributed by atoms with Gasteiger partial charge in [0.1, 0.15) is 17.4 Å². The molecule has 0 radical (unpaired) electrons. The molecule has 0 amide bonds. The van der Waals surface area contributed by atoms with Gasteiger partial charge < -0.3 is 9.47 Å². The molecule has 2 aliphatic rings. The Morgan fingerprint density at radius 1 is 1.30 bits per heavy atom. The molecule has 0 unspecified atom stereocenters. The minimum atomic E-state index is -0.653. The molecule has 0 bridgehead atoms. The van der Waals surface area contributed by atoms with E-state index in [0.717, 1.165) is 6.42 Å². The van der Waals surface area contributed by atoms with Crippen LogP contribution in [0.1, 0.15) is 40.0 Å². The molecular weight excluding hydrogens is 256 g/mol. The lowest BCUT2D eigenvalue weighted by atomic mass is 9.75. The molecule has 2 rings (SSSR count). The van der Waals surface area contributed by atoms with E-state index in [-0.39, 0.29) is 23.7 Å². The van der Waals surface area contributed by atoms with Crippen LogP contribution in [0.4, 0.5) is 0 Å². The maximum absolute atomic E-state index is 12.0. The van der Waals surface area contributed by atoms with Gasteiger partial charge in [0.15, 0.2) is 0 Å². The highest BCUT2D eigenvalue weighted by Crippen LogP contribution is 2.38. The summed E-state index contributed by atoms with van der Waals surface area (Å²) in [5.41, 5.74) is -0.653. The van der Waals surface area contributed by atoms with E-state index < -0.39 is 5.54 Å². The topological polar surface area (TPSA) is 60.2 Å². The van der Waals surface area contributed by atoms with Crippen LogP contribution in [0.15, 0.2) is 9.98 Å². The van der Waals surface area contributed by atoms with Crippen molar-refractivity contribution in [2.24, 2.45) is 21.8 Å². The first-order valence-electron chi connectivity index (χ1n) is 7.19. The van der Waals surface area contributed by atoms with Crippen LogP contribution in [0.25, 0.3) is 0 Å². The van der Waals surface area contributed by atoms with Crippen molar-refractivity contribution in [3.05, 3.63) is 0 Å². The number of hydrogen-bond acceptors (Lipinski definition) is 5. The summed E-state index contributed by atoms with van der Waals surface area (Å²) in [4.78, 5) is 21.4. The number of ketones is 1. The normalized spacial score (nSPS) is 34.0. The lowest BCUT2D eigenvalue weighted by Gasteiger charge is -2.39. The highest BCUT2D eigenvalue weighted by atomic mass is 16.5. The third kappa shape index (κ3) is 2.58. The van der Waals surface area contributed by atoms with Crippen molar-refractivity contribution in [3.63, 3.8) is 0 Å². The Morgan fingerprint density at radius 3 is 2.50 bits per heavy atom. The Morgan fingerprint density at radius 2 is 2.00 bits per heavy atom. The Hall–Kier alpha value is -1.39. The third-order valence-electron chi connectivity index (χ3n) is 4.02. The summed E-state index contributed by atoms with van der Waals surface area (Å²) < 4.78 is 10.9. The van der Waals surface area contributed by atoms with Crippen LogP contribution in [0, 0.1) is 11.8 Å². The number of carbonyl (C=O) groups excluding carboxylic acids is 1. The van der Waals surface area contributed by atoms with Crippen LogP contribution in [0.3, 0.4) is 0 Å². The van der Waals surface area contributed by atoms with Gasteiger partial charge in [-0.1, -0.05) is 20.8 Å². The van der Waals surface area contributed by atoms with E-state index in [9.17, 15) is 4.79 Å². The molecule has 1 fully saturated rings. The first-order chi connectivity index (χ1) is 9.41. The van der Waals surface area contributed by atoms with E-state index in [1.54, 1.807) is 14.2 Å². The van der Waals surface area contributed by atoms with Crippen LogP contribution < -0.4 is 0 Å². The fourth-order valence-electron chi connectivity index (χ4n) is 3.23. The van der Waals surface area contributed by atoms with Crippen LogP contribution in [0.5, 0.6) is 0 Å². The molecule has 1 heterocycles. The van der Waals surface area contributed by atoms with Crippen molar-refractivity contribution in [2.75, 3.05) is 14.2 Å². The van der Waals surface area contributed by atoms with Crippen molar-refractivity contribution in [2.45, 2.75) is 51.6 Å². The van der Waals surface area contributed by atoms with Gasteiger partial charge in [-0.05, 0) is 18.3 Å². The monoisotopic (exact) mass is 280 g/mol. The predicted octanol–water partition coefficient (Wildman–Crippen LogP) is 2.24. The van der Waals surface area contributed by atoms with E-state index in [1.807, 2.05) is 0 Å². The van der Waals surface area contributed by atoms with Crippen molar-refractivity contribution in [1.29, 1.82) is 0 Å². The van der Waals surface area contributed by atoms with Crippen LogP contribution in [-0.2, 0) is 14.3 Å². The molecule has 0 aromatic rings. The number of Topliss-reactive ketones (excluding diaryl/α,β-unsaturated/α-hetero) is 1. The first kappa shape index (κ1) is 15.0. The average molecular weight is 280 g/mol.